The van der Waals surface area contributed by atoms with Crippen molar-refractivity contribution in [1.82, 2.24) is 37.2 Å². The topological polar surface area (TPSA) is 540 Å². The fraction of sp³-hybridized carbons (Fsp3) is 0.667. The summed E-state index contributed by atoms with van der Waals surface area (Å²) in [4.78, 5) is 147. The molecule has 0 saturated heterocycles. The number of nitrogens with one attached hydrogen (secondary N) is 7. The van der Waals surface area contributed by atoms with Crippen LogP contribution in [0.15, 0.2) is 9.98 Å². The van der Waals surface area contributed by atoms with Gasteiger partial charge in [0.1, 0.15) is 42.3 Å². The predicted molar refractivity (Wildman–Crippen MR) is 245 cm³/mol. The van der Waals surface area contributed by atoms with E-state index in [9.17, 15) is 63.0 Å². The van der Waals surface area contributed by atoms with Crippen molar-refractivity contribution in [3.63, 3.8) is 0 Å². The molecule has 0 aliphatic carbocycles. The molecule has 0 fully saturated rings. The Morgan fingerprint density at radius 3 is 1.19 bits per heavy atom. The first-order chi connectivity index (χ1) is 32.3. The van der Waals surface area contributed by atoms with Gasteiger partial charge < -0.3 is 92.7 Å². The molecule has 0 rings (SSSR count). The Bertz CT molecular complexity index is 1840. The fourth-order valence-electron chi connectivity index (χ4n) is 5.97. The van der Waals surface area contributed by atoms with Crippen LogP contribution >= 0.6 is 0 Å². The van der Waals surface area contributed by atoms with E-state index in [1.165, 1.54) is 13.8 Å². The minimum atomic E-state index is -1.59. The summed E-state index contributed by atoms with van der Waals surface area (Å²) in [6.07, 6.45) is -2.08. The summed E-state index contributed by atoms with van der Waals surface area (Å²) >= 11 is 0. The number of aliphatic carboxylic acids is 3. The molecule has 0 aromatic rings. The Balaban J connectivity index is 6.42. The maximum absolute atomic E-state index is 13.9. The number of guanidine groups is 2. The molecule has 0 radical (unpaired) electrons. The number of carbonyl (C=O) groups excluding carboxylic acids is 8. The van der Waals surface area contributed by atoms with Crippen LogP contribution in [-0.2, 0) is 52.7 Å². The summed E-state index contributed by atoms with van der Waals surface area (Å²) < 4.78 is 0. The minimum Gasteiger partial charge on any atom is -0.481 e. The number of carbonyl (C=O) groups is 11. The largest absolute Gasteiger partial charge is 0.481 e. The maximum Gasteiger partial charge on any atom is 0.326 e. The van der Waals surface area contributed by atoms with E-state index in [-0.39, 0.29) is 82.9 Å². The predicted octanol–water partition coefficient (Wildman–Crippen LogP) is -6.94. The molecule has 0 aromatic carbocycles. The van der Waals surface area contributed by atoms with Crippen LogP contribution in [0.4, 0.5) is 0 Å². The number of primary amides is 1. The number of nitrogens with zero attached hydrogens (tertiary/aromatic N) is 2. The van der Waals surface area contributed by atoms with E-state index >= 15 is 0 Å². The average Bonchev–Trinajstić information content (AvgIpc) is 3.26. The van der Waals surface area contributed by atoms with Crippen molar-refractivity contribution in [3.05, 3.63) is 0 Å². The third-order valence-corrected chi connectivity index (χ3v) is 9.82. The number of nitrogens with two attached hydrogens (primary N) is 7. The molecule has 0 spiro atoms. The van der Waals surface area contributed by atoms with Crippen LogP contribution in [0.1, 0.15) is 97.3 Å². The average molecular weight is 987 g/mol. The molecule has 0 saturated carbocycles. The second-order valence-electron chi connectivity index (χ2n) is 15.8. The molecular weight excluding hydrogens is 917 g/mol. The molecule has 0 heterocycles. The Hall–Kier alpha value is -7.37. The highest BCUT2D eigenvalue weighted by atomic mass is 16.4. The fourth-order valence-corrected chi connectivity index (χ4v) is 5.97. The van der Waals surface area contributed by atoms with Gasteiger partial charge in [-0.05, 0) is 84.6 Å². The van der Waals surface area contributed by atoms with Crippen molar-refractivity contribution in [1.29, 1.82) is 0 Å². The highest BCUT2D eigenvalue weighted by molar-refractivity contribution is 5.97. The van der Waals surface area contributed by atoms with Gasteiger partial charge in [-0.1, -0.05) is 0 Å². The lowest BCUT2D eigenvalue weighted by atomic mass is 10.0. The SMILES string of the molecule is C[C@H](NC(=O)[C@H](CCCN=C(N)N)NC(=O)[C@H](CCCCN)NC(=O)[C@H](CCC(=O)O)NC(=O)[C@H](C)NC(=O)[C@@H](N)CCC(=O)O)C(=O)N[C@@H](CCC(N)=O)C(=O)N[C@@H](CCCN=C(N)N)C(=O)O. The van der Waals surface area contributed by atoms with E-state index in [4.69, 9.17) is 45.2 Å². The number of carboxylic acid groups (broad SMARTS) is 3. The summed E-state index contributed by atoms with van der Waals surface area (Å²) in [6.45, 7) is 2.67. The van der Waals surface area contributed by atoms with E-state index in [0.29, 0.717) is 6.42 Å². The standard InChI is InChI=1S/C39H70N16O14/c1-19(49-32(63)21(41)10-14-28(57)58)30(61)52-25(12-15-29(59)60)35(66)53-22(7-3-4-16-40)34(65)54-23(8-5-17-47-38(43)44)33(64)50-20(2)31(62)51-24(11-13-27(42)56)36(67)55-26(37(68)69)9-6-18-48-39(45)46/h19-26H,3-18,40-41H2,1-2H3,(H2,42,56)(H,49,63)(H,50,64)(H,51,62)(H,52,61)(H,53,66)(H,54,65)(H,55,67)(H,57,58)(H,59,60)(H,68,69)(H4,43,44,47)(H4,45,46,48)/t19-,20-,21-,22-,23-,24-,25-,26-/m0/s1. The van der Waals surface area contributed by atoms with E-state index in [1.54, 1.807) is 0 Å². The van der Waals surface area contributed by atoms with E-state index in [2.05, 4.69) is 47.2 Å². The maximum atomic E-state index is 13.9. The molecule has 0 bridgehead atoms. The zero-order valence-corrected chi connectivity index (χ0v) is 38.7. The molecule has 8 amide bonds. The number of amides is 8. The normalized spacial score (nSPS) is 14.2. The molecule has 69 heavy (non-hydrogen) atoms. The molecule has 24 N–H and O–H groups in total. The van der Waals surface area contributed by atoms with Crippen molar-refractivity contribution < 1.29 is 68.1 Å². The second kappa shape index (κ2) is 33.2. The van der Waals surface area contributed by atoms with Crippen LogP contribution in [0.2, 0.25) is 0 Å². The van der Waals surface area contributed by atoms with Crippen LogP contribution in [0.25, 0.3) is 0 Å². The van der Waals surface area contributed by atoms with Crippen LogP contribution in [-0.4, -0.2) is 160 Å². The molecular formula is C39H70N16O14. The van der Waals surface area contributed by atoms with E-state index < -0.39 is 139 Å². The zero-order chi connectivity index (χ0) is 52.8. The minimum absolute atomic E-state index is 0.0188. The van der Waals surface area contributed by atoms with Crippen molar-refractivity contribution in [2.24, 2.45) is 50.1 Å². The smallest absolute Gasteiger partial charge is 0.326 e. The molecule has 30 heteroatoms. The van der Waals surface area contributed by atoms with Gasteiger partial charge in [0.2, 0.25) is 47.3 Å². The number of aliphatic imine (C=N–C) groups is 2. The van der Waals surface area contributed by atoms with Gasteiger partial charge in [-0.15, -0.1) is 0 Å². The molecule has 0 aliphatic rings. The first-order valence-electron chi connectivity index (χ1n) is 21.9. The van der Waals surface area contributed by atoms with Crippen LogP contribution < -0.4 is 77.4 Å². The second-order valence-corrected chi connectivity index (χ2v) is 15.8. The summed E-state index contributed by atoms with van der Waals surface area (Å²) in [7, 11) is 0. The first kappa shape index (κ1) is 61.6. The van der Waals surface area contributed by atoms with Crippen molar-refractivity contribution in [2.75, 3.05) is 19.6 Å². The Labute approximate surface area is 397 Å². The van der Waals surface area contributed by atoms with Gasteiger partial charge in [0.05, 0.1) is 6.04 Å². The molecule has 390 valence electrons. The summed E-state index contributed by atoms with van der Waals surface area (Å²) in [6, 6.07) is -11.5. The quantitative estimate of drug-likeness (QED) is 0.0158. The molecule has 30 nitrogen and oxygen atoms in total. The van der Waals surface area contributed by atoms with Gasteiger partial charge in [0, 0.05) is 32.4 Å². The summed E-state index contributed by atoms with van der Waals surface area (Å²) in [5, 5.41) is 44.6. The Morgan fingerprint density at radius 1 is 0.435 bits per heavy atom. The van der Waals surface area contributed by atoms with Gasteiger partial charge in [-0.3, -0.25) is 57.9 Å². The van der Waals surface area contributed by atoms with Crippen LogP contribution in [0.3, 0.4) is 0 Å². The number of carboxylic acids is 3. The summed E-state index contributed by atoms with van der Waals surface area (Å²) in [5.74, 6) is -12.0. The van der Waals surface area contributed by atoms with Crippen molar-refractivity contribution in [2.45, 2.75) is 146 Å². The van der Waals surface area contributed by atoms with Gasteiger partial charge in [0.25, 0.3) is 0 Å². The molecule has 0 aliphatic heterocycles. The number of rotatable bonds is 36. The number of unbranched alkanes of at least 4 members (excludes halogenated alkanes) is 1. The zero-order valence-electron chi connectivity index (χ0n) is 38.7. The van der Waals surface area contributed by atoms with Crippen LogP contribution in [0, 0.1) is 0 Å². The van der Waals surface area contributed by atoms with E-state index in [1.807, 2.05) is 0 Å². The monoisotopic (exact) mass is 987 g/mol. The molecule has 8 atom stereocenters. The number of hydrogen-bond acceptors (Lipinski definition) is 15. The van der Waals surface area contributed by atoms with Crippen LogP contribution in [0.5, 0.6) is 0 Å². The highest BCUT2D eigenvalue weighted by Crippen LogP contribution is 2.09. The molecule has 0 unspecified atom stereocenters. The Kier molecular flexibility index (Phi) is 29.6. The van der Waals surface area contributed by atoms with Gasteiger partial charge >= 0.3 is 17.9 Å². The van der Waals surface area contributed by atoms with Crippen molar-refractivity contribution >= 4 is 77.1 Å². The van der Waals surface area contributed by atoms with Gasteiger partial charge in [-0.2, -0.15) is 0 Å². The van der Waals surface area contributed by atoms with Gasteiger partial charge in [-0.25, -0.2) is 4.79 Å². The first-order valence-corrected chi connectivity index (χ1v) is 21.9. The van der Waals surface area contributed by atoms with Gasteiger partial charge in [0.15, 0.2) is 11.9 Å². The molecule has 0 aromatic heterocycles. The lowest BCUT2D eigenvalue weighted by molar-refractivity contribution is -0.142. The lowest BCUT2D eigenvalue weighted by Crippen LogP contribution is -2.59. The third-order valence-electron chi connectivity index (χ3n) is 9.82. The Morgan fingerprint density at radius 2 is 0.783 bits per heavy atom. The summed E-state index contributed by atoms with van der Waals surface area (Å²) in [5.41, 5.74) is 38.0. The lowest BCUT2D eigenvalue weighted by Gasteiger charge is -2.27. The highest BCUT2D eigenvalue weighted by Gasteiger charge is 2.33. The van der Waals surface area contributed by atoms with E-state index in [0.717, 1.165) is 0 Å². The number of hydrogen-bond donors (Lipinski definition) is 17. The third kappa shape index (κ3) is 27.8. The van der Waals surface area contributed by atoms with Crippen molar-refractivity contribution in [3.8, 4) is 0 Å².